The van der Waals surface area contributed by atoms with E-state index in [-0.39, 0.29) is 0 Å². The molecule has 26 heavy (non-hydrogen) atoms. The molecule has 0 saturated heterocycles. The number of likely N-dealkylation sites (N-methyl/N-ethyl adjacent to an activating group) is 1. The molecule has 0 bridgehead atoms. The van der Waals surface area contributed by atoms with Gasteiger partial charge in [0.15, 0.2) is 0 Å². The van der Waals surface area contributed by atoms with Crippen LogP contribution >= 0.6 is 11.6 Å². The quantitative estimate of drug-likeness (QED) is 0.628. The van der Waals surface area contributed by atoms with Crippen LogP contribution in [0.4, 0.5) is 0 Å². The van der Waals surface area contributed by atoms with E-state index in [0.29, 0.717) is 0 Å². The van der Waals surface area contributed by atoms with Gasteiger partial charge >= 0.3 is 0 Å². The fourth-order valence-corrected chi connectivity index (χ4v) is 3.86. The molecule has 0 fully saturated rings. The van der Waals surface area contributed by atoms with Gasteiger partial charge in [0, 0.05) is 53.1 Å². The van der Waals surface area contributed by atoms with E-state index < -0.39 is 0 Å². The molecular formula is C22H28ClN3. The summed E-state index contributed by atoms with van der Waals surface area (Å²) in [5.74, 6) is 0. The molecule has 3 aromatic rings. The molecular weight excluding hydrogens is 342 g/mol. The van der Waals surface area contributed by atoms with Gasteiger partial charge in [0.1, 0.15) is 0 Å². The minimum absolute atomic E-state index is 0.823. The van der Waals surface area contributed by atoms with E-state index in [9.17, 15) is 0 Å². The standard InChI is InChI=1S/C20H22ClN3.C2H6/c1-14-3-4-15(12-22-14)7-10-24-19-6-5-16(21)11-18(19)17-8-9-23(2)13-20(17)24;1-2/h3-6,11-12H,7-10,13H2,1-2H3;1-2H3. The van der Waals surface area contributed by atoms with Crippen molar-refractivity contribution in [3.05, 3.63) is 64.1 Å². The van der Waals surface area contributed by atoms with Gasteiger partial charge in [-0.1, -0.05) is 31.5 Å². The molecule has 0 saturated carbocycles. The average molecular weight is 370 g/mol. The van der Waals surface area contributed by atoms with Gasteiger partial charge in [-0.15, -0.1) is 0 Å². The molecule has 0 aliphatic carbocycles. The van der Waals surface area contributed by atoms with E-state index in [2.05, 4.69) is 45.8 Å². The minimum Gasteiger partial charge on any atom is -0.343 e. The Morgan fingerprint density at radius 1 is 1.15 bits per heavy atom. The molecule has 0 amide bonds. The van der Waals surface area contributed by atoms with E-state index in [0.717, 1.165) is 43.2 Å². The van der Waals surface area contributed by atoms with Crippen LogP contribution in [0.1, 0.15) is 36.4 Å². The molecule has 1 aliphatic heterocycles. The Bertz CT molecular complexity index is 881. The van der Waals surface area contributed by atoms with Gasteiger partial charge in [-0.3, -0.25) is 4.98 Å². The maximum Gasteiger partial charge on any atom is 0.0486 e. The highest BCUT2D eigenvalue weighted by Crippen LogP contribution is 2.32. The lowest BCUT2D eigenvalue weighted by Gasteiger charge is -2.24. The number of fused-ring (bicyclic) bond motifs is 3. The van der Waals surface area contributed by atoms with Crippen molar-refractivity contribution in [2.75, 3.05) is 13.6 Å². The van der Waals surface area contributed by atoms with Crippen molar-refractivity contribution in [2.45, 2.75) is 46.7 Å². The van der Waals surface area contributed by atoms with E-state index in [1.54, 1.807) is 0 Å². The van der Waals surface area contributed by atoms with Gasteiger partial charge in [0.05, 0.1) is 0 Å². The average Bonchev–Trinajstić information content (AvgIpc) is 2.95. The first-order valence-electron chi connectivity index (χ1n) is 9.51. The summed E-state index contributed by atoms with van der Waals surface area (Å²) in [5.41, 5.74) is 6.58. The number of hydrogen-bond donors (Lipinski definition) is 0. The molecule has 1 aromatic carbocycles. The second-order valence-corrected chi connectivity index (χ2v) is 7.22. The van der Waals surface area contributed by atoms with E-state index in [4.69, 9.17) is 11.6 Å². The number of nitrogens with zero attached hydrogens (tertiary/aromatic N) is 3. The lowest BCUT2D eigenvalue weighted by molar-refractivity contribution is 0.303. The predicted molar refractivity (Wildman–Crippen MR) is 111 cm³/mol. The molecule has 138 valence electrons. The zero-order valence-electron chi connectivity index (χ0n) is 16.2. The van der Waals surface area contributed by atoms with Gasteiger partial charge in [-0.05, 0) is 62.2 Å². The van der Waals surface area contributed by atoms with Crippen LogP contribution in [0.25, 0.3) is 10.9 Å². The van der Waals surface area contributed by atoms with E-state index >= 15 is 0 Å². The van der Waals surface area contributed by atoms with Gasteiger partial charge in [-0.2, -0.15) is 0 Å². The third-order valence-corrected chi connectivity index (χ3v) is 5.24. The summed E-state index contributed by atoms with van der Waals surface area (Å²) < 4.78 is 2.48. The monoisotopic (exact) mass is 369 g/mol. The number of rotatable bonds is 3. The third-order valence-electron chi connectivity index (χ3n) is 5.01. The number of aromatic nitrogens is 2. The summed E-state index contributed by atoms with van der Waals surface area (Å²) in [4.78, 5) is 6.81. The number of pyridine rings is 1. The molecule has 1 aliphatic rings. The van der Waals surface area contributed by atoms with Gasteiger partial charge in [0.25, 0.3) is 0 Å². The van der Waals surface area contributed by atoms with Crippen LogP contribution in [0.15, 0.2) is 36.5 Å². The van der Waals surface area contributed by atoms with Crippen LogP contribution in [0, 0.1) is 6.92 Å². The van der Waals surface area contributed by atoms with Gasteiger partial charge < -0.3 is 9.47 Å². The molecule has 3 nitrogen and oxygen atoms in total. The third kappa shape index (κ3) is 3.79. The van der Waals surface area contributed by atoms with E-state index in [1.807, 2.05) is 33.0 Å². The second kappa shape index (κ2) is 8.24. The molecule has 0 unspecified atom stereocenters. The zero-order chi connectivity index (χ0) is 18.7. The predicted octanol–water partition coefficient (Wildman–Crippen LogP) is 5.25. The highest BCUT2D eigenvalue weighted by molar-refractivity contribution is 6.31. The lowest BCUT2D eigenvalue weighted by Crippen LogP contribution is -2.28. The summed E-state index contributed by atoms with van der Waals surface area (Å²) in [7, 11) is 2.20. The summed E-state index contributed by atoms with van der Waals surface area (Å²) in [5, 5.41) is 2.15. The van der Waals surface area contributed by atoms with Gasteiger partial charge in [-0.25, -0.2) is 0 Å². The normalized spacial score (nSPS) is 14.0. The Hall–Kier alpha value is -1.84. The second-order valence-electron chi connectivity index (χ2n) is 6.78. The van der Waals surface area contributed by atoms with Crippen LogP contribution < -0.4 is 0 Å². The maximum atomic E-state index is 6.26. The minimum atomic E-state index is 0.823. The Labute approximate surface area is 161 Å². The van der Waals surface area contributed by atoms with Crippen molar-refractivity contribution >= 4 is 22.5 Å². The number of benzene rings is 1. The van der Waals surface area contributed by atoms with Crippen molar-refractivity contribution in [2.24, 2.45) is 0 Å². The number of hydrogen-bond acceptors (Lipinski definition) is 2. The van der Waals surface area contributed by atoms with Crippen molar-refractivity contribution in [3.63, 3.8) is 0 Å². The molecule has 0 radical (unpaired) electrons. The van der Waals surface area contributed by atoms with Crippen molar-refractivity contribution in [1.29, 1.82) is 0 Å². The highest BCUT2D eigenvalue weighted by atomic mass is 35.5. The smallest absolute Gasteiger partial charge is 0.0486 e. The van der Waals surface area contributed by atoms with Crippen LogP contribution in [0.2, 0.25) is 5.02 Å². The molecule has 4 heteroatoms. The molecule has 0 atom stereocenters. The fraction of sp³-hybridized carbons (Fsp3) is 0.409. The van der Waals surface area contributed by atoms with E-state index in [1.165, 1.54) is 27.7 Å². The molecule has 0 spiro atoms. The van der Waals surface area contributed by atoms with Crippen LogP contribution in [-0.2, 0) is 25.9 Å². The Kier molecular flexibility index (Phi) is 6.00. The summed E-state index contributed by atoms with van der Waals surface area (Å²) in [6.45, 7) is 9.12. The van der Waals surface area contributed by atoms with Crippen LogP contribution in [0.3, 0.4) is 0 Å². The molecule has 4 rings (SSSR count). The number of halogens is 1. The lowest BCUT2D eigenvalue weighted by atomic mass is 10.0. The maximum absolute atomic E-state index is 6.26. The van der Waals surface area contributed by atoms with Crippen molar-refractivity contribution in [1.82, 2.24) is 14.5 Å². The summed E-state index contributed by atoms with van der Waals surface area (Å²) in [6, 6.07) is 10.6. The zero-order valence-corrected chi connectivity index (χ0v) is 17.0. The van der Waals surface area contributed by atoms with Crippen LogP contribution in [-0.4, -0.2) is 28.0 Å². The number of aryl methyl sites for hydroxylation is 3. The van der Waals surface area contributed by atoms with Gasteiger partial charge in [0.2, 0.25) is 0 Å². The Morgan fingerprint density at radius 2 is 1.96 bits per heavy atom. The molecule has 0 N–H and O–H groups in total. The fourth-order valence-electron chi connectivity index (χ4n) is 3.69. The molecule has 3 heterocycles. The largest absolute Gasteiger partial charge is 0.343 e. The van der Waals surface area contributed by atoms with Crippen molar-refractivity contribution < 1.29 is 0 Å². The highest BCUT2D eigenvalue weighted by Gasteiger charge is 2.22. The summed E-state index contributed by atoms with van der Waals surface area (Å²) >= 11 is 6.26. The summed E-state index contributed by atoms with van der Waals surface area (Å²) in [6.07, 6.45) is 4.09. The van der Waals surface area contributed by atoms with Crippen LogP contribution in [0.5, 0.6) is 0 Å². The Morgan fingerprint density at radius 3 is 2.69 bits per heavy atom. The van der Waals surface area contributed by atoms with Crippen molar-refractivity contribution in [3.8, 4) is 0 Å². The first-order valence-corrected chi connectivity index (χ1v) is 9.89. The SMILES string of the molecule is CC.Cc1ccc(CCn2c3c(c4cc(Cl)ccc42)CCN(C)C3)cn1. The first-order chi connectivity index (χ1) is 12.6. The Balaban J connectivity index is 0.000000948. The molecule has 2 aromatic heterocycles. The topological polar surface area (TPSA) is 21.1 Å². The first kappa shape index (κ1) is 18.9.